The highest BCUT2D eigenvalue weighted by Crippen LogP contribution is 2.20. The minimum atomic E-state index is -3.85. The van der Waals surface area contributed by atoms with Crippen molar-refractivity contribution in [2.45, 2.75) is 4.90 Å². The molecule has 2 rings (SSSR count). The van der Waals surface area contributed by atoms with Gasteiger partial charge in [0, 0.05) is 16.7 Å². The molecule has 4 N–H and O–H groups in total. The molecule has 0 aliphatic rings. The number of benzene rings is 2. The number of phenols is 2. The van der Waals surface area contributed by atoms with Gasteiger partial charge in [0.2, 0.25) is 10.0 Å². The van der Waals surface area contributed by atoms with Gasteiger partial charge in [-0.1, -0.05) is 11.6 Å². The van der Waals surface area contributed by atoms with Gasteiger partial charge in [-0.3, -0.25) is 4.79 Å². The van der Waals surface area contributed by atoms with Gasteiger partial charge in [0.15, 0.2) is 0 Å². The van der Waals surface area contributed by atoms with Gasteiger partial charge in [-0.25, -0.2) is 18.6 Å². The van der Waals surface area contributed by atoms with Crippen molar-refractivity contribution in [3.8, 4) is 11.5 Å². The molecule has 0 fully saturated rings. The van der Waals surface area contributed by atoms with Gasteiger partial charge in [0.05, 0.1) is 17.7 Å². The fourth-order valence-corrected chi connectivity index (χ4v) is 2.82. The Hall–Kier alpha value is -2.62. The number of nitrogens with one attached hydrogen (secondary N) is 2. The molecule has 0 radical (unpaired) electrons. The predicted molar refractivity (Wildman–Crippen MR) is 92.1 cm³/mol. The van der Waals surface area contributed by atoms with Crippen LogP contribution in [-0.4, -0.2) is 37.3 Å². The maximum atomic E-state index is 12.0. The molecule has 10 heteroatoms. The van der Waals surface area contributed by atoms with Gasteiger partial charge in [0.25, 0.3) is 5.91 Å². The summed E-state index contributed by atoms with van der Waals surface area (Å²) in [6.45, 7) is -0.524. The number of amides is 1. The molecule has 0 heterocycles. The lowest BCUT2D eigenvalue weighted by atomic mass is 10.2. The first-order chi connectivity index (χ1) is 11.8. The third-order valence-electron chi connectivity index (χ3n) is 2.95. The average molecular weight is 384 g/mol. The zero-order valence-corrected chi connectivity index (χ0v) is 14.3. The van der Waals surface area contributed by atoms with E-state index >= 15 is 0 Å². The van der Waals surface area contributed by atoms with Crippen LogP contribution in [0.25, 0.3) is 0 Å². The van der Waals surface area contributed by atoms with Crippen LogP contribution in [-0.2, 0) is 14.8 Å². The molecule has 0 saturated heterocycles. The van der Waals surface area contributed by atoms with Crippen molar-refractivity contribution in [1.29, 1.82) is 0 Å². The van der Waals surface area contributed by atoms with E-state index in [1.54, 1.807) is 0 Å². The van der Waals surface area contributed by atoms with Crippen LogP contribution in [0.3, 0.4) is 0 Å². The van der Waals surface area contributed by atoms with E-state index in [4.69, 9.17) is 16.7 Å². The van der Waals surface area contributed by atoms with Crippen molar-refractivity contribution < 1.29 is 23.4 Å². The predicted octanol–water partition coefficient (Wildman–Crippen LogP) is 1.18. The maximum absolute atomic E-state index is 12.0. The van der Waals surface area contributed by atoms with Gasteiger partial charge in [-0.15, -0.1) is 0 Å². The number of nitrogens with zero attached hydrogens (tertiary/aromatic N) is 1. The van der Waals surface area contributed by atoms with Gasteiger partial charge in [-0.05, 0) is 36.4 Å². The van der Waals surface area contributed by atoms with Gasteiger partial charge in [-0.2, -0.15) is 5.10 Å². The number of sulfonamides is 1. The number of hydrogen-bond donors (Lipinski definition) is 4. The third kappa shape index (κ3) is 5.45. The molecule has 1 amide bonds. The summed E-state index contributed by atoms with van der Waals surface area (Å²) in [5.41, 5.74) is 2.38. The second-order valence-corrected chi connectivity index (χ2v) is 7.02. The number of aromatic hydroxyl groups is 2. The Morgan fingerprint density at radius 3 is 2.48 bits per heavy atom. The molecule has 0 aliphatic heterocycles. The number of hydrazone groups is 1. The summed E-state index contributed by atoms with van der Waals surface area (Å²) in [6.07, 6.45) is 1.15. The average Bonchev–Trinajstić information content (AvgIpc) is 2.55. The Balaban J connectivity index is 1.90. The van der Waals surface area contributed by atoms with Crippen LogP contribution < -0.4 is 10.1 Å². The van der Waals surface area contributed by atoms with E-state index in [2.05, 4.69) is 15.2 Å². The summed E-state index contributed by atoms with van der Waals surface area (Å²) >= 11 is 5.69. The highest BCUT2D eigenvalue weighted by atomic mass is 35.5. The van der Waals surface area contributed by atoms with Gasteiger partial charge in [0.1, 0.15) is 11.5 Å². The normalized spacial score (nSPS) is 11.6. The van der Waals surface area contributed by atoms with Crippen molar-refractivity contribution in [3.63, 3.8) is 0 Å². The maximum Gasteiger partial charge on any atom is 0.255 e. The molecule has 2 aromatic rings. The molecular weight excluding hydrogens is 370 g/mol. The first-order valence-electron chi connectivity index (χ1n) is 6.87. The van der Waals surface area contributed by atoms with E-state index in [0.717, 1.165) is 12.3 Å². The molecule has 0 atom stereocenters. The standard InChI is InChI=1S/C15H14ClN3O5S/c16-11-2-5-13(6-3-11)25(23,24)18-9-15(22)19-17-8-10-1-4-12(20)7-14(10)21/h1-8,18,20-21H,9H2,(H,19,22)/b17-8-. The van der Waals surface area contributed by atoms with Crippen LogP contribution in [0.5, 0.6) is 11.5 Å². The summed E-state index contributed by atoms with van der Waals surface area (Å²) in [5.74, 6) is -1.04. The molecule has 132 valence electrons. The lowest BCUT2D eigenvalue weighted by molar-refractivity contribution is -0.119. The number of rotatable bonds is 6. The number of halogens is 1. The highest BCUT2D eigenvalue weighted by Gasteiger charge is 2.15. The van der Waals surface area contributed by atoms with Crippen LogP contribution in [0.2, 0.25) is 5.02 Å². The molecule has 8 nitrogen and oxygen atoms in total. The van der Waals surface area contributed by atoms with Crippen LogP contribution in [0.15, 0.2) is 52.5 Å². The third-order valence-corrected chi connectivity index (χ3v) is 4.62. The largest absolute Gasteiger partial charge is 0.508 e. The fraction of sp³-hybridized carbons (Fsp3) is 0.0667. The molecule has 25 heavy (non-hydrogen) atoms. The van der Waals surface area contributed by atoms with Crippen LogP contribution in [0.4, 0.5) is 0 Å². The minimum absolute atomic E-state index is 0.0257. The van der Waals surface area contributed by atoms with Crippen molar-refractivity contribution >= 4 is 33.7 Å². The minimum Gasteiger partial charge on any atom is -0.508 e. The summed E-state index contributed by atoms with van der Waals surface area (Å²) in [4.78, 5) is 11.6. The van der Waals surface area contributed by atoms with Gasteiger partial charge < -0.3 is 10.2 Å². The summed E-state index contributed by atoms with van der Waals surface area (Å²) in [6, 6.07) is 9.31. The number of carbonyl (C=O) groups excluding carboxylic acids is 1. The molecule has 0 saturated carbocycles. The van der Waals surface area contributed by atoms with Crippen molar-refractivity contribution in [1.82, 2.24) is 10.1 Å². The molecule has 0 bridgehead atoms. The zero-order chi connectivity index (χ0) is 18.4. The second kappa shape index (κ2) is 7.97. The number of phenolic OH excluding ortho intramolecular Hbond substituents is 2. The zero-order valence-electron chi connectivity index (χ0n) is 12.7. The Morgan fingerprint density at radius 2 is 1.84 bits per heavy atom. The van der Waals surface area contributed by atoms with E-state index in [1.165, 1.54) is 36.4 Å². The van der Waals surface area contributed by atoms with Crippen LogP contribution in [0.1, 0.15) is 5.56 Å². The van der Waals surface area contributed by atoms with Crippen LogP contribution >= 0.6 is 11.6 Å². The van der Waals surface area contributed by atoms with Crippen LogP contribution in [0, 0.1) is 0 Å². The van der Waals surface area contributed by atoms with Gasteiger partial charge >= 0.3 is 0 Å². The first-order valence-corrected chi connectivity index (χ1v) is 8.73. The lowest BCUT2D eigenvalue weighted by Crippen LogP contribution is -2.34. The SMILES string of the molecule is O=C(CNS(=O)(=O)c1ccc(Cl)cc1)N/N=C\c1ccc(O)cc1O. The topological polar surface area (TPSA) is 128 Å². The molecule has 0 aromatic heterocycles. The fourth-order valence-electron chi connectivity index (χ4n) is 1.71. The number of carbonyl (C=O) groups is 1. The highest BCUT2D eigenvalue weighted by molar-refractivity contribution is 7.89. The molecule has 0 unspecified atom stereocenters. The van der Waals surface area contributed by atoms with Crippen molar-refractivity contribution in [2.24, 2.45) is 5.10 Å². The molecule has 0 spiro atoms. The second-order valence-electron chi connectivity index (χ2n) is 4.81. The Kier molecular flexibility index (Phi) is 5.97. The first kappa shape index (κ1) is 18.7. The van der Waals surface area contributed by atoms with E-state index < -0.39 is 22.5 Å². The van der Waals surface area contributed by atoms with Crippen molar-refractivity contribution in [3.05, 3.63) is 53.1 Å². The van der Waals surface area contributed by atoms with E-state index in [9.17, 15) is 18.3 Å². The van der Waals surface area contributed by atoms with E-state index in [1.807, 2.05) is 0 Å². The molecule has 0 aliphatic carbocycles. The summed E-state index contributed by atoms with van der Waals surface area (Å²) in [5, 5.41) is 22.7. The molecular formula is C15H14ClN3O5S. The number of hydrogen-bond acceptors (Lipinski definition) is 6. The Bertz CT molecular complexity index is 898. The molecule has 2 aromatic carbocycles. The van der Waals surface area contributed by atoms with Crippen molar-refractivity contribution in [2.75, 3.05) is 6.54 Å². The quantitative estimate of drug-likeness (QED) is 0.440. The van der Waals surface area contributed by atoms with E-state index in [0.29, 0.717) is 5.02 Å². The Labute approximate surface area is 148 Å². The Morgan fingerprint density at radius 1 is 1.16 bits per heavy atom. The summed E-state index contributed by atoms with van der Waals surface area (Å²) < 4.78 is 26.1. The smallest absolute Gasteiger partial charge is 0.255 e. The lowest BCUT2D eigenvalue weighted by Gasteiger charge is -2.06. The summed E-state index contributed by atoms with van der Waals surface area (Å²) in [7, 11) is -3.85. The van der Waals surface area contributed by atoms with E-state index in [-0.39, 0.29) is 22.0 Å². The monoisotopic (exact) mass is 383 g/mol.